The van der Waals surface area contributed by atoms with Gasteiger partial charge in [-0.25, -0.2) is 9.50 Å². The van der Waals surface area contributed by atoms with E-state index >= 15 is 0 Å². The number of methoxy groups -OCH3 is 1. The topological polar surface area (TPSA) is 39.4 Å². The quantitative estimate of drug-likeness (QED) is 0.691. The van der Waals surface area contributed by atoms with Crippen LogP contribution in [0.25, 0.3) is 16.9 Å². The number of hydrogen-bond acceptors (Lipinski definition) is 3. The van der Waals surface area contributed by atoms with Gasteiger partial charge in [0.2, 0.25) is 0 Å². The number of para-hydroxylation sites is 1. The highest BCUT2D eigenvalue weighted by atomic mass is 35.5. The third kappa shape index (κ3) is 2.12. The fraction of sp³-hybridized carbons (Fsp3) is 0.200. The molecular weight excluding hydrogens is 274 g/mol. The van der Waals surface area contributed by atoms with E-state index < -0.39 is 0 Å². The van der Waals surface area contributed by atoms with Gasteiger partial charge >= 0.3 is 0 Å². The zero-order valence-corrected chi connectivity index (χ0v) is 12.1. The van der Waals surface area contributed by atoms with E-state index in [9.17, 15) is 0 Å². The van der Waals surface area contributed by atoms with Gasteiger partial charge in [0.25, 0.3) is 0 Å². The Hall–Kier alpha value is -2.07. The third-order valence-electron chi connectivity index (χ3n) is 3.18. The zero-order chi connectivity index (χ0) is 14.1. The van der Waals surface area contributed by atoms with Crippen molar-refractivity contribution in [1.82, 2.24) is 14.6 Å². The van der Waals surface area contributed by atoms with E-state index in [0.29, 0.717) is 5.15 Å². The van der Waals surface area contributed by atoms with E-state index in [4.69, 9.17) is 16.3 Å². The van der Waals surface area contributed by atoms with E-state index in [0.717, 1.165) is 34.8 Å². The fourth-order valence-corrected chi connectivity index (χ4v) is 2.41. The minimum atomic E-state index is 0.563. The van der Waals surface area contributed by atoms with Gasteiger partial charge in [-0.2, -0.15) is 5.10 Å². The summed E-state index contributed by atoms with van der Waals surface area (Å²) in [5.74, 6) is 0.780. The van der Waals surface area contributed by atoms with Crippen LogP contribution in [-0.2, 0) is 6.42 Å². The van der Waals surface area contributed by atoms with Crippen LogP contribution in [0.3, 0.4) is 0 Å². The van der Waals surface area contributed by atoms with Crippen LogP contribution in [0.15, 0.2) is 36.4 Å². The number of ether oxygens (including phenoxy) is 1. The fourth-order valence-electron chi connectivity index (χ4n) is 2.16. The normalized spacial score (nSPS) is 10.9. The molecule has 0 atom stereocenters. The first kappa shape index (κ1) is 12.9. The van der Waals surface area contributed by atoms with Crippen molar-refractivity contribution in [3.05, 3.63) is 47.2 Å². The molecule has 5 heteroatoms. The molecule has 0 fully saturated rings. The lowest BCUT2D eigenvalue weighted by molar-refractivity contribution is 0.416. The Morgan fingerprint density at radius 1 is 1.25 bits per heavy atom. The molecule has 3 rings (SSSR count). The molecule has 0 spiro atoms. The highest BCUT2D eigenvalue weighted by molar-refractivity contribution is 6.29. The lowest BCUT2D eigenvalue weighted by Gasteiger charge is -2.04. The minimum absolute atomic E-state index is 0.563. The van der Waals surface area contributed by atoms with Crippen molar-refractivity contribution in [1.29, 1.82) is 0 Å². The Bertz CT molecular complexity index is 767. The van der Waals surface area contributed by atoms with Gasteiger partial charge < -0.3 is 4.74 Å². The van der Waals surface area contributed by atoms with Gasteiger partial charge in [0.1, 0.15) is 10.9 Å². The van der Waals surface area contributed by atoms with E-state index in [1.165, 1.54) is 0 Å². The van der Waals surface area contributed by atoms with Crippen molar-refractivity contribution < 1.29 is 4.74 Å². The van der Waals surface area contributed by atoms with Gasteiger partial charge in [0, 0.05) is 17.3 Å². The van der Waals surface area contributed by atoms with Crippen LogP contribution in [0.4, 0.5) is 0 Å². The summed E-state index contributed by atoms with van der Waals surface area (Å²) in [5.41, 5.74) is 3.42. The van der Waals surface area contributed by atoms with E-state index in [1.807, 2.05) is 43.3 Å². The summed E-state index contributed by atoms with van der Waals surface area (Å²) < 4.78 is 7.01. The van der Waals surface area contributed by atoms with Crippen LogP contribution in [0.2, 0.25) is 5.15 Å². The maximum Gasteiger partial charge on any atom is 0.157 e. The van der Waals surface area contributed by atoms with Crippen LogP contribution in [0, 0.1) is 0 Å². The van der Waals surface area contributed by atoms with Gasteiger partial charge in [-0.15, -0.1) is 0 Å². The predicted molar refractivity (Wildman–Crippen MR) is 79.4 cm³/mol. The zero-order valence-electron chi connectivity index (χ0n) is 11.3. The highest BCUT2D eigenvalue weighted by Crippen LogP contribution is 2.29. The Morgan fingerprint density at radius 3 is 2.80 bits per heavy atom. The molecule has 0 amide bonds. The molecule has 0 bridgehead atoms. The van der Waals surface area contributed by atoms with Crippen molar-refractivity contribution in [3.8, 4) is 17.0 Å². The number of aryl methyl sites for hydroxylation is 1. The van der Waals surface area contributed by atoms with E-state index in [1.54, 1.807) is 11.6 Å². The van der Waals surface area contributed by atoms with Crippen LogP contribution in [0.1, 0.15) is 12.6 Å². The van der Waals surface area contributed by atoms with Gasteiger partial charge in [-0.1, -0.05) is 30.7 Å². The first-order valence-corrected chi connectivity index (χ1v) is 6.79. The first-order chi connectivity index (χ1) is 9.72. The molecule has 0 radical (unpaired) electrons. The van der Waals surface area contributed by atoms with Gasteiger partial charge in [-0.3, -0.25) is 0 Å². The summed E-state index contributed by atoms with van der Waals surface area (Å²) in [6.45, 7) is 2.05. The second-order valence-corrected chi connectivity index (χ2v) is 4.81. The molecule has 0 saturated carbocycles. The number of benzene rings is 1. The molecule has 0 saturated heterocycles. The third-order valence-corrected chi connectivity index (χ3v) is 3.45. The average molecular weight is 288 g/mol. The number of fused-ring (bicyclic) bond motifs is 1. The summed E-state index contributed by atoms with van der Waals surface area (Å²) in [6.07, 6.45) is 0.839. The number of rotatable bonds is 3. The number of halogens is 1. The number of aromatic nitrogens is 3. The van der Waals surface area contributed by atoms with Crippen molar-refractivity contribution in [2.45, 2.75) is 13.3 Å². The Morgan fingerprint density at radius 2 is 2.05 bits per heavy atom. The maximum absolute atomic E-state index is 6.24. The second-order valence-electron chi connectivity index (χ2n) is 4.42. The molecule has 4 nitrogen and oxygen atoms in total. The molecule has 20 heavy (non-hydrogen) atoms. The number of hydrogen-bond donors (Lipinski definition) is 0. The van der Waals surface area contributed by atoms with Gasteiger partial charge in [0.05, 0.1) is 12.8 Å². The van der Waals surface area contributed by atoms with Crippen LogP contribution >= 0.6 is 11.6 Å². The molecule has 0 aliphatic heterocycles. The molecule has 2 aromatic heterocycles. The first-order valence-electron chi connectivity index (χ1n) is 6.41. The maximum atomic E-state index is 6.24. The average Bonchev–Trinajstić information content (AvgIpc) is 2.91. The molecule has 0 aliphatic carbocycles. The van der Waals surface area contributed by atoms with Crippen molar-refractivity contribution >= 4 is 17.2 Å². The molecule has 2 heterocycles. The van der Waals surface area contributed by atoms with Gasteiger partial charge in [0.15, 0.2) is 5.65 Å². The highest BCUT2D eigenvalue weighted by Gasteiger charge is 2.12. The monoisotopic (exact) mass is 287 g/mol. The van der Waals surface area contributed by atoms with E-state index in [2.05, 4.69) is 10.1 Å². The van der Waals surface area contributed by atoms with Crippen LogP contribution in [0.5, 0.6) is 5.75 Å². The minimum Gasteiger partial charge on any atom is -0.496 e. The number of nitrogens with zero attached hydrogens (tertiary/aromatic N) is 3. The molecule has 0 aliphatic rings. The van der Waals surface area contributed by atoms with Crippen molar-refractivity contribution in [2.75, 3.05) is 7.11 Å². The lowest BCUT2D eigenvalue weighted by atomic mass is 10.1. The van der Waals surface area contributed by atoms with Crippen LogP contribution in [-0.4, -0.2) is 21.7 Å². The largest absolute Gasteiger partial charge is 0.496 e. The summed E-state index contributed by atoms with van der Waals surface area (Å²) >= 11 is 6.24. The molecule has 0 N–H and O–H groups in total. The SMILES string of the molecule is CCc1cc(Cl)n2nc(-c3ccccc3OC)cc2n1. The summed E-state index contributed by atoms with van der Waals surface area (Å²) in [5, 5.41) is 5.07. The molecule has 102 valence electrons. The van der Waals surface area contributed by atoms with Gasteiger partial charge in [-0.05, 0) is 24.6 Å². The lowest BCUT2D eigenvalue weighted by Crippen LogP contribution is -1.96. The molecule has 0 unspecified atom stereocenters. The molecule has 3 aromatic rings. The van der Waals surface area contributed by atoms with Crippen molar-refractivity contribution in [3.63, 3.8) is 0 Å². The van der Waals surface area contributed by atoms with Crippen LogP contribution < -0.4 is 4.74 Å². The Labute approximate surface area is 122 Å². The summed E-state index contributed by atoms with van der Waals surface area (Å²) in [6, 6.07) is 11.5. The Balaban J connectivity index is 2.20. The second kappa shape index (κ2) is 5.13. The summed E-state index contributed by atoms with van der Waals surface area (Å²) in [7, 11) is 1.65. The summed E-state index contributed by atoms with van der Waals surface area (Å²) in [4.78, 5) is 4.53. The smallest absolute Gasteiger partial charge is 0.157 e. The molecular formula is C15H14ClN3O. The van der Waals surface area contributed by atoms with E-state index in [-0.39, 0.29) is 0 Å². The van der Waals surface area contributed by atoms with Crippen molar-refractivity contribution in [2.24, 2.45) is 0 Å². The standard InChI is InChI=1S/C15H14ClN3O/c1-3-10-8-14(16)19-15(17-10)9-12(18-19)11-6-4-5-7-13(11)20-2/h4-9H,3H2,1-2H3. The Kier molecular flexibility index (Phi) is 3.32. The predicted octanol–water partition coefficient (Wildman–Crippen LogP) is 3.62. The molecule has 1 aromatic carbocycles.